The van der Waals surface area contributed by atoms with Crippen LogP contribution in [0.5, 0.6) is 5.75 Å². The Morgan fingerprint density at radius 3 is 2.35 bits per heavy atom. The van der Waals surface area contributed by atoms with Crippen molar-refractivity contribution in [1.82, 2.24) is 10.3 Å². The van der Waals surface area contributed by atoms with Crippen molar-refractivity contribution in [2.24, 2.45) is 23.2 Å². The Labute approximate surface area is 134 Å². The highest BCUT2D eigenvalue weighted by Crippen LogP contribution is 2.29. The molecule has 2 rings (SSSR count). The van der Waals surface area contributed by atoms with Crippen molar-refractivity contribution >= 4 is 11.8 Å². The van der Waals surface area contributed by atoms with Crippen LogP contribution < -0.4 is 27.4 Å². The van der Waals surface area contributed by atoms with Crippen molar-refractivity contribution < 1.29 is 14.3 Å². The van der Waals surface area contributed by atoms with Crippen molar-refractivity contribution in [3.8, 4) is 5.75 Å². The molecule has 1 fully saturated rings. The van der Waals surface area contributed by atoms with Crippen LogP contribution in [-0.2, 0) is 16.1 Å². The molecule has 0 atom stereocenters. The van der Waals surface area contributed by atoms with Gasteiger partial charge in [-0.3, -0.25) is 14.6 Å². The molecule has 0 saturated heterocycles. The summed E-state index contributed by atoms with van der Waals surface area (Å²) in [6.45, 7) is 0.234. The highest BCUT2D eigenvalue weighted by molar-refractivity contribution is 5.93. The zero-order valence-corrected chi connectivity index (χ0v) is 12.9. The molecular weight excluding hydrogens is 298 g/mol. The number of carbonyl (C=O) groups excluding carboxylic acids is 2. The maximum absolute atomic E-state index is 11.9. The number of rotatable bonds is 7. The van der Waals surface area contributed by atoms with E-state index in [0.29, 0.717) is 5.75 Å². The van der Waals surface area contributed by atoms with Crippen molar-refractivity contribution in [2.45, 2.75) is 19.4 Å². The monoisotopic (exact) mass is 319 g/mol. The second-order valence-corrected chi connectivity index (χ2v) is 5.37. The molecule has 1 aromatic carbocycles. The highest BCUT2D eigenvalue weighted by Gasteiger charge is 2.31. The van der Waals surface area contributed by atoms with Crippen LogP contribution in [0, 0.1) is 5.92 Å². The molecule has 1 aliphatic rings. The number of hydrogen-bond acceptors (Lipinski definition) is 6. The third kappa shape index (κ3) is 4.36. The number of ether oxygens (including phenoxy) is 1. The number of carbonyl (C=O) groups is 2. The molecule has 0 aromatic heterocycles. The summed E-state index contributed by atoms with van der Waals surface area (Å²) in [5.41, 5.74) is 11.4. The topological polar surface area (TPSA) is 137 Å². The van der Waals surface area contributed by atoms with E-state index in [1.54, 1.807) is 19.2 Å². The van der Waals surface area contributed by atoms with Gasteiger partial charge in [-0.25, -0.2) is 5.84 Å². The van der Waals surface area contributed by atoms with Gasteiger partial charge in [0.05, 0.1) is 13.7 Å². The van der Waals surface area contributed by atoms with E-state index in [4.69, 9.17) is 22.0 Å². The van der Waals surface area contributed by atoms with E-state index in [9.17, 15) is 9.59 Å². The van der Waals surface area contributed by atoms with Crippen LogP contribution in [0.3, 0.4) is 0 Å². The van der Waals surface area contributed by atoms with Crippen molar-refractivity contribution in [2.75, 3.05) is 7.11 Å². The number of nitrogens with two attached hydrogens (primary N) is 3. The quantitative estimate of drug-likeness (QED) is 0.304. The summed E-state index contributed by atoms with van der Waals surface area (Å²) in [6.07, 6.45) is 1.64. The molecule has 1 aromatic rings. The van der Waals surface area contributed by atoms with Gasteiger partial charge in [-0.1, -0.05) is 12.1 Å². The van der Waals surface area contributed by atoms with Gasteiger partial charge in [-0.2, -0.15) is 0 Å². The minimum Gasteiger partial charge on any atom is -0.497 e. The van der Waals surface area contributed by atoms with Gasteiger partial charge in [0.25, 0.3) is 5.91 Å². The summed E-state index contributed by atoms with van der Waals surface area (Å²) in [6, 6.07) is 7.21. The number of benzene rings is 1. The SMILES string of the molecule is COc1ccc(CN(N)/C(NC(=O)C2CC2)=C(\N)C(N)=O)cc1. The van der Waals surface area contributed by atoms with Crippen LogP contribution in [0.1, 0.15) is 18.4 Å². The molecule has 0 heterocycles. The lowest BCUT2D eigenvalue weighted by Crippen LogP contribution is -2.43. The molecule has 0 radical (unpaired) electrons. The molecule has 7 N–H and O–H groups in total. The molecule has 1 saturated carbocycles. The van der Waals surface area contributed by atoms with Crippen molar-refractivity contribution in [3.05, 3.63) is 41.3 Å². The molecule has 0 aliphatic heterocycles. The lowest BCUT2D eigenvalue weighted by molar-refractivity contribution is -0.122. The number of nitrogens with one attached hydrogen (secondary N) is 1. The summed E-state index contributed by atoms with van der Waals surface area (Å²) in [5.74, 6) is 5.59. The average Bonchev–Trinajstić information content (AvgIpc) is 3.37. The summed E-state index contributed by atoms with van der Waals surface area (Å²) in [7, 11) is 1.58. The van der Waals surface area contributed by atoms with E-state index in [0.717, 1.165) is 18.4 Å². The number of nitrogens with zero attached hydrogens (tertiary/aromatic N) is 1. The van der Waals surface area contributed by atoms with Gasteiger partial charge < -0.3 is 21.5 Å². The van der Waals surface area contributed by atoms with Crippen LogP contribution in [0.2, 0.25) is 0 Å². The lowest BCUT2D eigenvalue weighted by atomic mass is 10.2. The van der Waals surface area contributed by atoms with Crippen LogP contribution in [0.15, 0.2) is 35.8 Å². The Balaban J connectivity index is 2.14. The van der Waals surface area contributed by atoms with E-state index in [1.807, 2.05) is 12.1 Å². The van der Waals surface area contributed by atoms with Gasteiger partial charge in [0.2, 0.25) is 5.91 Å². The van der Waals surface area contributed by atoms with E-state index in [-0.39, 0.29) is 29.9 Å². The van der Waals surface area contributed by atoms with E-state index in [1.165, 1.54) is 5.01 Å². The van der Waals surface area contributed by atoms with Crippen LogP contribution in [0.4, 0.5) is 0 Å². The van der Waals surface area contributed by atoms with E-state index >= 15 is 0 Å². The normalized spacial score (nSPS) is 14.7. The smallest absolute Gasteiger partial charge is 0.268 e. The fourth-order valence-electron chi connectivity index (χ4n) is 1.98. The van der Waals surface area contributed by atoms with Crippen LogP contribution in [-0.4, -0.2) is 23.9 Å². The minimum absolute atomic E-state index is 0.0187. The predicted molar refractivity (Wildman–Crippen MR) is 84.0 cm³/mol. The first-order chi connectivity index (χ1) is 10.9. The Kier molecular flexibility index (Phi) is 5.07. The summed E-state index contributed by atoms with van der Waals surface area (Å²) in [5, 5.41) is 3.79. The zero-order chi connectivity index (χ0) is 17.0. The molecule has 1 aliphatic carbocycles. The first-order valence-electron chi connectivity index (χ1n) is 7.18. The number of hydrogen-bond donors (Lipinski definition) is 4. The van der Waals surface area contributed by atoms with Gasteiger partial charge in [-0.15, -0.1) is 0 Å². The summed E-state index contributed by atoms with van der Waals surface area (Å²) < 4.78 is 5.08. The molecule has 2 amide bonds. The largest absolute Gasteiger partial charge is 0.497 e. The maximum Gasteiger partial charge on any atom is 0.268 e. The minimum atomic E-state index is -0.846. The second kappa shape index (κ2) is 7.01. The number of methoxy groups -OCH3 is 1. The Bertz CT molecular complexity index is 623. The molecule has 23 heavy (non-hydrogen) atoms. The van der Waals surface area contributed by atoms with Crippen molar-refractivity contribution in [3.63, 3.8) is 0 Å². The molecule has 8 heteroatoms. The van der Waals surface area contributed by atoms with Crippen molar-refractivity contribution in [1.29, 1.82) is 0 Å². The number of primary amides is 1. The molecule has 0 bridgehead atoms. The average molecular weight is 319 g/mol. The number of amides is 2. The molecule has 8 nitrogen and oxygen atoms in total. The lowest BCUT2D eigenvalue weighted by Gasteiger charge is -2.24. The molecular formula is C15H21N5O3. The molecule has 0 unspecified atom stereocenters. The predicted octanol–water partition coefficient (Wildman–Crippen LogP) is -0.490. The first kappa shape index (κ1) is 16.6. The zero-order valence-electron chi connectivity index (χ0n) is 12.9. The Hall–Kier alpha value is -2.74. The van der Waals surface area contributed by atoms with Crippen LogP contribution >= 0.6 is 0 Å². The van der Waals surface area contributed by atoms with Gasteiger partial charge >= 0.3 is 0 Å². The first-order valence-corrected chi connectivity index (χ1v) is 7.18. The fourth-order valence-corrected chi connectivity index (χ4v) is 1.98. The Morgan fingerprint density at radius 2 is 1.87 bits per heavy atom. The fraction of sp³-hybridized carbons (Fsp3) is 0.333. The number of hydrazine groups is 1. The molecule has 124 valence electrons. The third-order valence-electron chi connectivity index (χ3n) is 3.51. The Morgan fingerprint density at radius 1 is 1.26 bits per heavy atom. The molecule has 0 spiro atoms. The van der Waals surface area contributed by atoms with Gasteiger partial charge in [0.15, 0.2) is 5.82 Å². The van der Waals surface area contributed by atoms with E-state index in [2.05, 4.69) is 5.32 Å². The van der Waals surface area contributed by atoms with Gasteiger partial charge in [0, 0.05) is 5.92 Å². The summed E-state index contributed by atoms with van der Waals surface area (Å²) in [4.78, 5) is 23.3. The van der Waals surface area contributed by atoms with E-state index < -0.39 is 5.91 Å². The van der Waals surface area contributed by atoms with Gasteiger partial charge in [-0.05, 0) is 30.5 Å². The highest BCUT2D eigenvalue weighted by atomic mass is 16.5. The van der Waals surface area contributed by atoms with Gasteiger partial charge in [0.1, 0.15) is 11.4 Å². The van der Waals surface area contributed by atoms with Crippen LogP contribution in [0.25, 0.3) is 0 Å². The maximum atomic E-state index is 11.9. The standard InChI is InChI=1S/C15H21N5O3/c1-23-11-6-2-9(3-7-11)8-20(18)14(12(16)13(17)21)19-15(22)10-4-5-10/h2-3,6-7,10H,4-5,8,16,18H2,1H3,(H2,17,21)(H,19,22)/b14-12-. The summed E-state index contributed by atoms with van der Waals surface area (Å²) >= 11 is 0. The third-order valence-corrected chi connectivity index (χ3v) is 3.51. The second-order valence-electron chi connectivity index (χ2n) is 5.37.